The summed E-state index contributed by atoms with van der Waals surface area (Å²) >= 11 is 2.01. The predicted molar refractivity (Wildman–Crippen MR) is 88.2 cm³/mol. The summed E-state index contributed by atoms with van der Waals surface area (Å²) in [5.74, 6) is 2.64. The lowest BCUT2D eigenvalue weighted by Gasteiger charge is -2.21. The van der Waals surface area contributed by atoms with Crippen LogP contribution in [0, 0.1) is 0 Å². The molecule has 1 aromatic rings. The number of ether oxygens (including phenoxy) is 2. The van der Waals surface area contributed by atoms with E-state index in [4.69, 9.17) is 9.47 Å². The minimum absolute atomic E-state index is 0.346. The number of rotatable bonds is 9. The zero-order valence-corrected chi connectivity index (χ0v) is 14.0. The number of hydrogen-bond acceptors (Lipinski definition) is 4. The minimum atomic E-state index is 0.346. The molecular formula is C16H27NO2S. The van der Waals surface area contributed by atoms with Gasteiger partial charge in [-0.1, -0.05) is 26.8 Å². The lowest BCUT2D eigenvalue weighted by Crippen LogP contribution is -2.23. The van der Waals surface area contributed by atoms with Crippen LogP contribution in [0.4, 0.5) is 0 Å². The Bertz CT molecular complexity index is 398. The summed E-state index contributed by atoms with van der Waals surface area (Å²) in [4.78, 5) is 0. The third kappa shape index (κ3) is 4.91. The van der Waals surface area contributed by atoms with Crippen molar-refractivity contribution < 1.29 is 9.47 Å². The average Bonchev–Trinajstić information content (AvgIpc) is 2.50. The Morgan fingerprint density at radius 2 is 1.85 bits per heavy atom. The van der Waals surface area contributed by atoms with Crippen LogP contribution in [0.2, 0.25) is 0 Å². The Labute approximate surface area is 127 Å². The van der Waals surface area contributed by atoms with Gasteiger partial charge in [-0.05, 0) is 30.7 Å². The highest BCUT2D eigenvalue weighted by molar-refractivity contribution is 7.99. The summed E-state index contributed by atoms with van der Waals surface area (Å²) in [7, 11) is 3.34. The second-order valence-electron chi connectivity index (χ2n) is 4.78. The molecule has 20 heavy (non-hydrogen) atoms. The van der Waals surface area contributed by atoms with Crippen molar-refractivity contribution in [1.82, 2.24) is 5.32 Å². The van der Waals surface area contributed by atoms with E-state index in [9.17, 15) is 0 Å². The highest BCUT2D eigenvalue weighted by Crippen LogP contribution is 2.31. The van der Waals surface area contributed by atoms with Crippen molar-refractivity contribution in [3.8, 4) is 11.5 Å². The van der Waals surface area contributed by atoms with Crippen molar-refractivity contribution in [1.29, 1.82) is 0 Å². The second-order valence-corrected chi connectivity index (χ2v) is 6.25. The van der Waals surface area contributed by atoms with Gasteiger partial charge in [0.15, 0.2) is 11.5 Å². The summed E-state index contributed by atoms with van der Waals surface area (Å²) in [5.41, 5.74) is 1.25. The van der Waals surface area contributed by atoms with Crippen LogP contribution < -0.4 is 14.8 Å². The highest BCUT2D eigenvalue weighted by Gasteiger charge is 2.14. The maximum Gasteiger partial charge on any atom is 0.161 e. The Morgan fingerprint density at radius 3 is 2.40 bits per heavy atom. The van der Waals surface area contributed by atoms with Gasteiger partial charge in [-0.2, -0.15) is 11.8 Å². The SMILES string of the molecule is CCNC(CSC(C)CC)c1ccc(OC)c(OC)c1. The fraction of sp³-hybridized carbons (Fsp3) is 0.625. The molecule has 1 rings (SSSR count). The van der Waals surface area contributed by atoms with E-state index in [2.05, 4.69) is 38.2 Å². The standard InChI is InChI=1S/C16H27NO2S/c1-6-12(3)20-11-14(17-7-2)13-8-9-15(18-4)16(10-13)19-5/h8-10,12,14,17H,6-7,11H2,1-5H3. The van der Waals surface area contributed by atoms with E-state index >= 15 is 0 Å². The monoisotopic (exact) mass is 297 g/mol. The molecule has 1 aromatic carbocycles. The van der Waals surface area contributed by atoms with Crippen LogP contribution in [0.5, 0.6) is 11.5 Å². The Morgan fingerprint density at radius 1 is 1.15 bits per heavy atom. The quantitative estimate of drug-likeness (QED) is 0.749. The molecule has 0 heterocycles. The molecule has 0 saturated carbocycles. The van der Waals surface area contributed by atoms with Gasteiger partial charge in [-0.3, -0.25) is 0 Å². The van der Waals surface area contributed by atoms with Crippen molar-refractivity contribution in [2.45, 2.75) is 38.5 Å². The number of methoxy groups -OCH3 is 2. The molecule has 1 N–H and O–H groups in total. The Hall–Kier alpha value is -0.870. The third-order valence-electron chi connectivity index (χ3n) is 3.38. The molecule has 0 aliphatic carbocycles. The smallest absolute Gasteiger partial charge is 0.161 e. The number of hydrogen-bond donors (Lipinski definition) is 1. The minimum Gasteiger partial charge on any atom is -0.493 e. The van der Waals surface area contributed by atoms with E-state index in [0.717, 1.165) is 23.8 Å². The fourth-order valence-electron chi connectivity index (χ4n) is 1.97. The van der Waals surface area contributed by atoms with E-state index in [1.165, 1.54) is 12.0 Å². The largest absolute Gasteiger partial charge is 0.493 e. The third-order valence-corrected chi connectivity index (χ3v) is 4.81. The van der Waals surface area contributed by atoms with E-state index in [-0.39, 0.29) is 0 Å². The van der Waals surface area contributed by atoms with Crippen LogP contribution in [-0.2, 0) is 0 Å². The van der Waals surface area contributed by atoms with Gasteiger partial charge in [0.1, 0.15) is 0 Å². The van der Waals surface area contributed by atoms with E-state index in [1.54, 1.807) is 14.2 Å². The van der Waals surface area contributed by atoms with Crippen molar-refractivity contribution in [2.24, 2.45) is 0 Å². The lowest BCUT2D eigenvalue weighted by molar-refractivity contribution is 0.354. The Kier molecular flexibility index (Phi) is 7.85. The van der Waals surface area contributed by atoms with Crippen molar-refractivity contribution >= 4 is 11.8 Å². The van der Waals surface area contributed by atoms with Gasteiger partial charge in [-0.25, -0.2) is 0 Å². The van der Waals surface area contributed by atoms with Crippen LogP contribution in [0.3, 0.4) is 0 Å². The second kappa shape index (κ2) is 9.14. The molecule has 0 amide bonds. The van der Waals surface area contributed by atoms with E-state index < -0.39 is 0 Å². The van der Waals surface area contributed by atoms with Crippen LogP contribution in [0.25, 0.3) is 0 Å². The molecule has 0 bridgehead atoms. The maximum absolute atomic E-state index is 5.39. The molecule has 0 spiro atoms. The van der Waals surface area contributed by atoms with Crippen LogP contribution in [-0.4, -0.2) is 31.8 Å². The maximum atomic E-state index is 5.39. The van der Waals surface area contributed by atoms with Gasteiger partial charge in [0.05, 0.1) is 14.2 Å². The van der Waals surface area contributed by atoms with Crippen LogP contribution in [0.1, 0.15) is 38.8 Å². The fourth-order valence-corrected chi connectivity index (χ4v) is 3.03. The first kappa shape index (κ1) is 17.2. The zero-order chi connectivity index (χ0) is 15.0. The van der Waals surface area contributed by atoms with E-state index in [1.807, 2.05) is 17.8 Å². The zero-order valence-electron chi connectivity index (χ0n) is 13.2. The summed E-state index contributed by atoms with van der Waals surface area (Å²) in [6.07, 6.45) is 1.20. The van der Waals surface area contributed by atoms with Crippen LogP contribution >= 0.6 is 11.8 Å². The van der Waals surface area contributed by atoms with Gasteiger partial charge >= 0.3 is 0 Å². The molecule has 0 aliphatic heterocycles. The molecule has 4 heteroatoms. The molecule has 2 unspecified atom stereocenters. The lowest BCUT2D eigenvalue weighted by atomic mass is 10.1. The van der Waals surface area contributed by atoms with Gasteiger partial charge in [0.2, 0.25) is 0 Å². The first-order valence-corrected chi connectivity index (χ1v) is 8.27. The molecule has 0 aromatic heterocycles. The number of nitrogens with one attached hydrogen (secondary N) is 1. The van der Waals surface area contributed by atoms with Gasteiger partial charge in [0.25, 0.3) is 0 Å². The summed E-state index contributed by atoms with van der Waals surface area (Å²) < 4.78 is 10.7. The van der Waals surface area contributed by atoms with Gasteiger partial charge in [0, 0.05) is 17.0 Å². The van der Waals surface area contributed by atoms with Crippen molar-refractivity contribution in [2.75, 3.05) is 26.5 Å². The molecular weight excluding hydrogens is 270 g/mol. The molecule has 0 aliphatic rings. The number of thioether (sulfide) groups is 1. The van der Waals surface area contributed by atoms with Crippen molar-refractivity contribution in [3.05, 3.63) is 23.8 Å². The molecule has 0 radical (unpaired) electrons. The average molecular weight is 297 g/mol. The first-order chi connectivity index (χ1) is 9.65. The topological polar surface area (TPSA) is 30.5 Å². The van der Waals surface area contributed by atoms with Gasteiger partial charge in [-0.15, -0.1) is 0 Å². The van der Waals surface area contributed by atoms with E-state index in [0.29, 0.717) is 11.3 Å². The molecule has 2 atom stereocenters. The van der Waals surface area contributed by atoms with Crippen molar-refractivity contribution in [3.63, 3.8) is 0 Å². The van der Waals surface area contributed by atoms with Crippen LogP contribution in [0.15, 0.2) is 18.2 Å². The molecule has 3 nitrogen and oxygen atoms in total. The highest BCUT2D eigenvalue weighted by atomic mass is 32.2. The predicted octanol–water partition coefficient (Wildman–Crippen LogP) is 3.89. The summed E-state index contributed by atoms with van der Waals surface area (Å²) in [6.45, 7) is 7.61. The molecule has 0 saturated heterocycles. The van der Waals surface area contributed by atoms with Gasteiger partial charge < -0.3 is 14.8 Å². The molecule has 0 fully saturated rings. The summed E-state index contributed by atoms with van der Waals surface area (Å²) in [6, 6.07) is 6.51. The first-order valence-electron chi connectivity index (χ1n) is 7.23. The number of benzene rings is 1. The normalized spacial score (nSPS) is 13.8. The molecule has 114 valence electrons. The summed E-state index contributed by atoms with van der Waals surface area (Å²) in [5, 5.41) is 4.24. The Balaban J connectivity index is 2.85.